The third-order valence-electron chi connectivity index (χ3n) is 2.76. The van der Waals surface area contributed by atoms with E-state index in [0.29, 0.717) is 5.91 Å². The van der Waals surface area contributed by atoms with Gasteiger partial charge in [0.25, 0.3) is 0 Å². The maximum atomic E-state index is 11.7. The van der Waals surface area contributed by atoms with Gasteiger partial charge in [-0.05, 0) is 47.0 Å². The molecule has 0 spiro atoms. The molecule has 0 heterocycles. The Bertz CT molecular complexity index is 213. The predicted molar refractivity (Wildman–Crippen MR) is 70.4 cm³/mol. The first kappa shape index (κ1) is 15.2. The van der Waals surface area contributed by atoms with Gasteiger partial charge < -0.3 is 4.90 Å². The van der Waals surface area contributed by atoms with E-state index in [1.54, 1.807) is 0 Å². The molecule has 0 aliphatic heterocycles. The number of carbonyl (C=O) groups excluding carboxylic acids is 1. The molecule has 0 radical (unpaired) electrons. The number of nitrogens with zero attached hydrogens (tertiary/aromatic N) is 1. The minimum atomic E-state index is 0.312. The van der Waals surface area contributed by atoms with E-state index in [0.717, 1.165) is 38.8 Å². The summed E-state index contributed by atoms with van der Waals surface area (Å²) in [5, 5.41) is 0. The Morgan fingerprint density at radius 3 is 2.19 bits per heavy atom. The molecule has 0 saturated carbocycles. The molecule has 1 amide bonds. The number of hydrogen-bond donors (Lipinski definition) is 0. The van der Waals surface area contributed by atoms with Gasteiger partial charge in [0.05, 0.1) is 0 Å². The molecule has 94 valence electrons. The zero-order valence-electron chi connectivity index (χ0n) is 11.4. The SMILES string of the molecule is CCN(CC)C(=O)CCCCCC=C(C)C. The van der Waals surface area contributed by atoms with Crippen LogP contribution in [0.3, 0.4) is 0 Å². The van der Waals surface area contributed by atoms with Gasteiger partial charge in [0.2, 0.25) is 5.91 Å². The van der Waals surface area contributed by atoms with Crippen molar-refractivity contribution in [2.75, 3.05) is 13.1 Å². The Hall–Kier alpha value is -0.790. The van der Waals surface area contributed by atoms with Gasteiger partial charge in [-0.15, -0.1) is 0 Å². The number of rotatable bonds is 8. The maximum absolute atomic E-state index is 11.7. The highest BCUT2D eigenvalue weighted by atomic mass is 16.2. The van der Waals surface area contributed by atoms with Crippen molar-refractivity contribution in [2.24, 2.45) is 0 Å². The summed E-state index contributed by atoms with van der Waals surface area (Å²) in [4.78, 5) is 13.6. The number of hydrogen-bond acceptors (Lipinski definition) is 1. The van der Waals surface area contributed by atoms with Crippen molar-refractivity contribution in [1.29, 1.82) is 0 Å². The van der Waals surface area contributed by atoms with Crippen LogP contribution in [0.1, 0.15) is 59.8 Å². The fourth-order valence-electron chi connectivity index (χ4n) is 1.72. The highest BCUT2D eigenvalue weighted by molar-refractivity contribution is 5.75. The smallest absolute Gasteiger partial charge is 0.222 e. The van der Waals surface area contributed by atoms with E-state index in [1.807, 2.05) is 18.7 Å². The van der Waals surface area contributed by atoms with E-state index >= 15 is 0 Å². The fraction of sp³-hybridized carbons (Fsp3) is 0.786. The van der Waals surface area contributed by atoms with Crippen LogP contribution >= 0.6 is 0 Å². The molecule has 16 heavy (non-hydrogen) atoms. The van der Waals surface area contributed by atoms with Crippen molar-refractivity contribution in [2.45, 2.75) is 59.8 Å². The van der Waals surface area contributed by atoms with Crippen LogP contribution in [0.4, 0.5) is 0 Å². The number of allylic oxidation sites excluding steroid dienone is 2. The average Bonchev–Trinajstić information content (AvgIpc) is 2.24. The number of amides is 1. The van der Waals surface area contributed by atoms with Crippen molar-refractivity contribution < 1.29 is 4.79 Å². The standard InChI is InChI=1S/C14H27NO/c1-5-15(6-2)14(16)12-10-8-7-9-11-13(3)4/h11H,5-10,12H2,1-4H3. The second-order valence-corrected chi connectivity index (χ2v) is 4.45. The summed E-state index contributed by atoms with van der Waals surface area (Å²) in [5.74, 6) is 0.312. The highest BCUT2D eigenvalue weighted by Crippen LogP contribution is 2.07. The third kappa shape index (κ3) is 7.49. The Balaban J connectivity index is 3.51. The molecule has 0 atom stereocenters. The van der Waals surface area contributed by atoms with Gasteiger partial charge in [0.15, 0.2) is 0 Å². The van der Waals surface area contributed by atoms with Gasteiger partial charge >= 0.3 is 0 Å². The van der Waals surface area contributed by atoms with Crippen molar-refractivity contribution in [1.82, 2.24) is 4.90 Å². The zero-order valence-corrected chi connectivity index (χ0v) is 11.4. The molecule has 0 fully saturated rings. The first-order valence-corrected chi connectivity index (χ1v) is 6.52. The topological polar surface area (TPSA) is 20.3 Å². The van der Waals surface area contributed by atoms with Crippen molar-refractivity contribution >= 4 is 5.91 Å². The molecule has 0 aromatic heterocycles. The Morgan fingerprint density at radius 1 is 1.06 bits per heavy atom. The summed E-state index contributed by atoms with van der Waals surface area (Å²) in [7, 11) is 0. The quantitative estimate of drug-likeness (QED) is 0.455. The summed E-state index contributed by atoms with van der Waals surface area (Å²) < 4.78 is 0. The van der Waals surface area contributed by atoms with Crippen LogP contribution in [0.5, 0.6) is 0 Å². The molecular weight excluding hydrogens is 198 g/mol. The van der Waals surface area contributed by atoms with E-state index in [4.69, 9.17) is 0 Å². The fourth-order valence-corrected chi connectivity index (χ4v) is 1.72. The van der Waals surface area contributed by atoms with Crippen molar-refractivity contribution in [3.05, 3.63) is 11.6 Å². The van der Waals surface area contributed by atoms with Crippen LogP contribution in [-0.4, -0.2) is 23.9 Å². The summed E-state index contributed by atoms with van der Waals surface area (Å²) in [6, 6.07) is 0. The molecular formula is C14H27NO. The molecule has 0 N–H and O–H groups in total. The Labute approximate surface area is 101 Å². The van der Waals surface area contributed by atoms with Gasteiger partial charge in [0.1, 0.15) is 0 Å². The maximum Gasteiger partial charge on any atom is 0.222 e. The van der Waals surface area contributed by atoms with Gasteiger partial charge in [0, 0.05) is 19.5 Å². The Kier molecular flexibility index (Phi) is 8.97. The molecule has 0 unspecified atom stereocenters. The second kappa shape index (κ2) is 9.44. The molecule has 0 saturated heterocycles. The summed E-state index contributed by atoms with van der Waals surface area (Å²) in [6.07, 6.45) is 7.55. The predicted octanol–water partition coefficient (Wildman–Crippen LogP) is 3.77. The third-order valence-corrected chi connectivity index (χ3v) is 2.76. The van der Waals surface area contributed by atoms with Crippen LogP contribution in [0.2, 0.25) is 0 Å². The van der Waals surface area contributed by atoms with Crippen LogP contribution in [0.15, 0.2) is 11.6 Å². The van der Waals surface area contributed by atoms with Crippen LogP contribution < -0.4 is 0 Å². The van der Waals surface area contributed by atoms with E-state index < -0.39 is 0 Å². The lowest BCUT2D eigenvalue weighted by atomic mass is 10.1. The molecule has 2 heteroatoms. The first-order valence-electron chi connectivity index (χ1n) is 6.52. The van der Waals surface area contributed by atoms with Crippen LogP contribution in [0, 0.1) is 0 Å². The largest absolute Gasteiger partial charge is 0.343 e. The minimum absolute atomic E-state index is 0.312. The second-order valence-electron chi connectivity index (χ2n) is 4.45. The lowest BCUT2D eigenvalue weighted by molar-refractivity contribution is -0.130. The van der Waals surface area contributed by atoms with E-state index in [-0.39, 0.29) is 0 Å². The van der Waals surface area contributed by atoms with E-state index in [9.17, 15) is 4.79 Å². The summed E-state index contributed by atoms with van der Waals surface area (Å²) in [5.41, 5.74) is 1.39. The van der Waals surface area contributed by atoms with Crippen molar-refractivity contribution in [3.8, 4) is 0 Å². The molecule has 0 aromatic carbocycles. The summed E-state index contributed by atoms with van der Waals surface area (Å²) in [6.45, 7) is 10.0. The summed E-state index contributed by atoms with van der Waals surface area (Å²) >= 11 is 0. The van der Waals surface area contributed by atoms with Gasteiger partial charge in [-0.1, -0.05) is 18.1 Å². The highest BCUT2D eigenvalue weighted by Gasteiger charge is 2.07. The number of carbonyl (C=O) groups is 1. The van der Waals surface area contributed by atoms with Crippen molar-refractivity contribution in [3.63, 3.8) is 0 Å². The first-order chi connectivity index (χ1) is 7.61. The van der Waals surface area contributed by atoms with Crippen LogP contribution in [-0.2, 0) is 4.79 Å². The van der Waals surface area contributed by atoms with Gasteiger partial charge in [-0.2, -0.15) is 0 Å². The zero-order chi connectivity index (χ0) is 12.4. The Morgan fingerprint density at radius 2 is 1.69 bits per heavy atom. The molecule has 0 aromatic rings. The van der Waals surface area contributed by atoms with Crippen LogP contribution in [0.25, 0.3) is 0 Å². The lowest BCUT2D eigenvalue weighted by Gasteiger charge is -2.18. The molecule has 0 bridgehead atoms. The normalized spacial score (nSPS) is 10.0. The average molecular weight is 225 g/mol. The minimum Gasteiger partial charge on any atom is -0.343 e. The monoisotopic (exact) mass is 225 g/mol. The molecule has 0 aliphatic rings. The molecule has 0 aliphatic carbocycles. The van der Waals surface area contributed by atoms with E-state index in [2.05, 4.69) is 19.9 Å². The number of unbranched alkanes of at least 4 members (excludes halogenated alkanes) is 3. The molecule has 0 rings (SSSR count). The lowest BCUT2D eigenvalue weighted by Crippen LogP contribution is -2.30. The molecule has 2 nitrogen and oxygen atoms in total. The van der Waals surface area contributed by atoms with E-state index in [1.165, 1.54) is 12.0 Å². The van der Waals surface area contributed by atoms with Gasteiger partial charge in [-0.25, -0.2) is 0 Å². The van der Waals surface area contributed by atoms with Gasteiger partial charge in [-0.3, -0.25) is 4.79 Å².